The molecule has 3 rings (SSSR count). The van der Waals surface area contributed by atoms with E-state index in [2.05, 4.69) is 10.3 Å². The van der Waals surface area contributed by atoms with E-state index in [1.165, 1.54) is 5.56 Å². The van der Waals surface area contributed by atoms with Gasteiger partial charge in [-0.25, -0.2) is 0 Å². The number of nitrogens with zero attached hydrogens (tertiary/aromatic N) is 2. The van der Waals surface area contributed by atoms with E-state index in [4.69, 9.17) is 0 Å². The van der Waals surface area contributed by atoms with E-state index in [1.54, 1.807) is 24.5 Å². The molecule has 1 N–H and O–H groups in total. The lowest BCUT2D eigenvalue weighted by Gasteiger charge is -2.17. The zero-order valence-corrected chi connectivity index (χ0v) is 13.7. The number of benzene rings is 1. The van der Waals surface area contributed by atoms with Gasteiger partial charge in [0.2, 0.25) is 11.8 Å². The molecular weight excluding hydrogens is 302 g/mol. The van der Waals surface area contributed by atoms with Gasteiger partial charge in [-0.2, -0.15) is 0 Å². The molecule has 2 aromatic rings. The van der Waals surface area contributed by atoms with Crippen LogP contribution in [0.1, 0.15) is 23.1 Å². The van der Waals surface area contributed by atoms with Gasteiger partial charge >= 0.3 is 0 Å². The van der Waals surface area contributed by atoms with Gasteiger partial charge in [0.1, 0.15) is 6.04 Å². The Hall–Kier alpha value is -2.69. The molecule has 1 aliphatic heterocycles. The largest absolute Gasteiger partial charge is 0.344 e. The highest BCUT2D eigenvalue weighted by Crippen LogP contribution is 2.16. The van der Waals surface area contributed by atoms with Crippen LogP contribution in [0.3, 0.4) is 0 Å². The number of carbonyl (C=O) groups is 2. The first-order valence-electron chi connectivity index (χ1n) is 8.14. The second-order valence-corrected chi connectivity index (χ2v) is 6.19. The number of likely N-dealkylation sites (tertiary alicyclic amines) is 1. The summed E-state index contributed by atoms with van der Waals surface area (Å²) in [5.74, 6) is -0.129. The first-order chi connectivity index (χ1) is 11.6. The molecule has 24 heavy (non-hydrogen) atoms. The molecule has 1 atom stereocenters. The second kappa shape index (κ2) is 7.25. The average molecular weight is 323 g/mol. The van der Waals surface area contributed by atoms with Crippen LogP contribution in [-0.4, -0.2) is 34.3 Å². The van der Waals surface area contributed by atoms with E-state index in [0.717, 1.165) is 11.1 Å². The van der Waals surface area contributed by atoms with Crippen molar-refractivity contribution in [1.82, 2.24) is 15.2 Å². The monoisotopic (exact) mass is 323 g/mol. The fourth-order valence-corrected chi connectivity index (χ4v) is 2.88. The zero-order chi connectivity index (χ0) is 16.9. The Balaban J connectivity index is 1.54. The van der Waals surface area contributed by atoms with Gasteiger partial charge in [-0.05, 0) is 36.6 Å². The Morgan fingerprint density at radius 2 is 1.88 bits per heavy atom. The fraction of sp³-hybridized carbons (Fsp3) is 0.316. The predicted molar refractivity (Wildman–Crippen MR) is 91.1 cm³/mol. The summed E-state index contributed by atoms with van der Waals surface area (Å²) in [4.78, 5) is 30.3. The molecule has 124 valence electrons. The van der Waals surface area contributed by atoms with Crippen molar-refractivity contribution in [2.24, 2.45) is 0 Å². The fourth-order valence-electron chi connectivity index (χ4n) is 2.88. The van der Waals surface area contributed by atoms with Crippen molar-refractivity contribution in [2.75, 3.05) is 6.54 Å². The van der Waals surface area contributed by atoms with Gasteiger partial charge in [0, 0.05) is 25.5 Å². The highest BCUT2D eigenvalue weighted by molar-refractivity contribution is 5.89. The number of hydrogen-bond acceptors (Lipinski definition) is 3. The van der Waals surface area contributed by atoms with Gasteiger partial charge in [0.15, 0.2) is 0 Å². The maximum Gasteiger partial charge on any atom is 0.245 e. The van der Waals surface area contributed by atoms with Gasteiger partial charge in [-0.1, -0.05) is 29.8 Å². The number of amides is 2. The molecule has 0 aliphatic carbocycles. The van der Waals surface area contributed by atoms with Crippen LogP contribution in [-0.2, 0) is 22.6 Å². The number of aromatic nitrogens is 1. The van der Waals surface area contributed by atoms with Crippen LogP contribution >= 0.6 is 0 Å². The minimum absolute atomic E-state index is 0.00125. The Morgan fingerprint density at radius 1 is 1.17 bits per heavy atom. The standard InChI is InChI=1S/C19H21N3O2/c1-14-2-4-16(5-3-14)13-22-11-8-17(19(22)24)21-18(23)12-15-6-9-20-10-7-15/h2-7,9-10,17H,8,11-13H2,1H3,(H,21,23). The number of hydrogen-bond donors (Lipinski definition) is 1. The van der Waals surface area contributed by atoms with Crippen molar-refractivity contribution in [3.05, 3.63) is 65.5 Å². The molecule has 1 aromatic heterocycles. The molecule has 0 spiro atoms. The molecule has 0 saturated carbocycles. The van der Waals surface area contributed by atoms with E-state index < -0.39 is 6.04 Å². The molecule has 2 amide bonds. The Bertz CT molecular complexity index is 713. The molecule has 2 heterocycles. The summed E-state index contributed by atoms with van der Waals surface area (Å²) in [5, 5.41) is 2.85. The summed E-state index contributed by atoms with van der Waals surface area (Å²) in [6.07, 6.45) is 4.25. The molecule has 5 heteroatoms. The summed E-state index contributed by atoms with van der Waals surface area (Å²) in [5.41, 5.74) is 3.20. The third-order valence-corrected chi connectivity index (χ3v) is 4.24. The van der Waals surface area contributed by atoms with Crippen molar-refractivity contribution < 1.29 is 9.59 Å². The minimum Gasteiger partial charge on any atom is -0.344 e. The first kappa shape index (κ1) is 16.2. The summed E-state index contributed by atoms with van der Waals surface area (Å²) in [6, 6.07) is 11.4. The topological polar surface area (TPSA) is 62.3 Å². The lowest BCUT2D eigenvalue weighted by Crippen LogP contribution is -2.41. The van der Waals surface area contributed by atoms with Crippen LogP contribution in [0.5, 0.6) is 0 Å². The minimum atomic E-state index is -0.412. The quantitative estimate of drug-likeness (QED) is 0.913. The van der Waals surface area contributed by atoms with Crippen LogP contribution in [0.2, 0.25) is 0 Å². The van der Waals surface area contributed by atoms with Crippen LogP contribution in [0, 0.1) is 6.92 Å². The summed E-state index contributed by atoms with van der Waals surface area (Å²) >= 11 is 0. The molecule has 1 unspecified atom stereocenters. The van der Waals surface area contributed by atoms with Crippen LogP contribution in [0.15, 0.2) is 48.8 Å². The van der Waals surface area contributed by atoms with E-state index in [1.807, 2.05) is 36.1 Å². The van der Waals surface area contributed by atoms with Gasteiger partial charge in [-0.15, -0.1) is 0 Å². The van der Waals surface area contributed by atoms with Crippen LogP contribution < -0.4 is 5.32 Å². The van der Waals surface area contributed by atoms with Crippen molar-refractivity contribution >= 4 is 11.8 Å². The van der Waals surface area contributed by atoms with Crippen LogP contribution in [0.25, 0.3) is 0 Å². The summed E-state index contributed by atoms with van der Waals surface area (Å²) in [6.45, 7) is 3.31. The number of aryl methyl sites for hydroxylation is 1. The smallest absolute Gasteiger partial charge is 0.245 e. The van der Waals surface area contributed by atoms with Crippen molar-refractivity contribution in [2.45, 2.75) is 32.4 Å². The molecule has 0 radical (unpaired) electrons. The highest BCUT2D eigenvalue weighted by Gasteiger charge is 2.32. The second-order valence-electron chi connectivity index (χ2n) is 6.19. The SMILES string of the molecule is Cc1ccc(CN2CCC(NC(=O)Cc3ccncc3)C2=O)cc1. The average Bonchev–Trinajstić information content (AvgIpc) is 2.91. The third-order valence-electron chi connectivity index (χ3n) is 4.24. The zero-order valence-electron chi connectivity index (χ0n) is 13.7. The molecule has 1 aliphatic rings. The van der Waals surface area contributed by atoms with E-state index in [-0.39, 0.29) is 18.2 Å². The summed E-state index contributed by atoms with van der Waals surface area (Å²) < 4.78 is 0. The van der Waals surface area contributed by atoms with Crippen molar-refractivity contribution in [3.63, 3.8) is 0 Å². The van der Waals surface area contributed by atoms with Crippen LogP contribution in [0.4, 0.5) is 0 Å². The molecule has 1 fully saturated rings. The lowest BCUT2D eigenvalue weighted by atomic mass is 10.1. The maximum absolute atomic E-state index is 12.5. The number of pyridine rings is 1. The summed E-state index contributed by atoms with van der Waals surface area (Å²) in [7, 11) is 0. The van der Waals surface area contributed by atoms with Gasteiger partial charge < -0.3 is 10.2 Å². The Morgan fingerprint density at radius 3 is 2.58 bits per heavy atom. The lowest BCUT2D eigenvalue weighted by molar-refractivity contribution is -0.132. The van der Waals surface area contributed by atoms with Gasteiger partial charge in [0.25, 0.3) is 0 Å². The van der Waals surface area contributed by atoms with Gasteiger partial charge in [-0.3, -0.25) is 14.6 Å². The molecule has 1 saturated heterocycles. The van der Waals surface area contributed by atoms with Gasteiger partial charge in [0.05, 0.1) is 6.42 Å². The maximum atomic E-state index is 12.5. The van der Waals surface area contributed by atoms with Crippen molar-refractivity contribution in [3.8, 4) is 0 Å². The predicted octanol–water partition coefficient (Wildman–Crippen LogP) is 1.85. The normalized spacial score (nSPS) is 17.1. The molecular formula is C19H21N3O2. The molecule has 5 nitrogen and oxygen atoms in total. The van der Waals surface area contributed by atoms with E-state index in [9.17, 15) is 9.59 Å². The molecule has 1 aromatic carbocycles. The number of carbonyl (C=O) groups excluding carboxylic acids is 2. The molecule has 0 bridgehead atoms. The van der Waals surface area contributed by atoms with E-state index in [0.29, 0.717) is 19.5 Å². The number of nitrogens with one attached hydrogen (secondary N) is 1. The highest BCUT2D eigenvalue weighted by atomic mass is 16.2. The Labute approximate surface area is 141 Å². The number of rotatable bonds is 5. The van der Waals surface area contributed by atoms with E-state index >= 15 is 0 Å². The van der Waals surface area contributed by atoms with Crippen molar-refractivity contribution in [1.29, 1.82) is 0 Å². The Kier molecular flexibility index (Phi) is 4.89. The third kappa shape index (κ3) is 3.98. The first-order valence-corrected chi connectivity index (χ1v) is 8.14.